The van der Waals surface area contributed by atoms with E-state index in [0.29, 0.717) is 10.6 Å². The quantitative estimate of drug-likeness (QED) is 0.738. The van der Waals surface area contributed by atoms with Gasteiger partial charge in [-0.25, -0.2) is 4.39 Å². The van der Waals surface area contributed by atoms with Crippen LogP contribution in [0.3, 0.4) is 0 Å². The number of rotatable bonds is 5. The summed E-state index contributed by atoms with van der Waals surface area (Å²) in [6.45, 7) is 4.64. The Morgan fingerprint density at radius 3 is 2.71 bits per heavy atom. The molecule has 2 aromatic rings. The maximum Gasteiger partial charge on any atom is 0.127 e. The van der Waals surface area contributed by atoms with E-state index in [4.69, 9.17) is 11.6 Å². The van der Waals surface area contributed by atoms with Gasteiger partial charge >= 0.3 is 0 Å². The molecule has 2 rings (SSSR count). The molecular weight excluding hydrogens is 353 g/mol. The van der Waals surface area contributed by atoms with Gasteiger partial charge in [0.05, 0.1) is 0 Å². The number of hydrogen-bond acceptors (Lipinski definition) is 1. The molecule has 21 heavy (non-hydrogen) atoms. The Morgan fingerprint density at radius 2 is 2.05 bits per heavy atom. The molecule has 1 nitrogen and oxygen atoms in total. The molecule has 0 aliphatic rings. The highest BCUT2D eigenvalue weighted by Gasteiger charge is 2.16. The van der Waals surface area contributed by atoms with E-state index < -0.39 is 0 Å². The van der Waals surface area contributed by atoms with Crippen LogP contribution in [0.2, 0.25) is 5.02 Å². The maximum atomic E-state index is 13.6. The fourth-order valence-corrected chi connectivity index (χ4v) is 3.11. The summed E-state index contributed by atoms with van der Waals surface area (Å²) in [5, 5.41) is 3.90. The molecule has 0 spiro atoms. The molecule has 0 fully saturated rings. The van der Waals surface area contributed by atoms with Gasteiger partial charge in [0, 0.05) is 15.5 Å². The predicted molar refractivity (Wildman–Crippen MR) is 90.4 cm³/mol. The van der Waals surface area contributed by atoms with Crippen molar-refractivity contribution >= 4 is 27.5 Å². The lowest BCUT2D eigenvalue weighted by molar-refractivity contribution is 0.546. The van der Waals surface area contributed by atoms with E-state index in [1.54, 1.807) is 6.92 Å². The van der Waals surface area contributed by atoms with E-state index >= 15 is 0 Å². The molecule has 0 radical (unpaired) electrons. The third-order valence-corrected chi connectivity index (χ3v) is 4.25. The fourth-order valence-electron chi connectivity index (χ4n) is 2.38. The summed E-state index contributed by atoms with van der Waals surface area (Å²) in [5.74, 6) is -0.263. The van der Waals surface area contributed by atoms with Gasteiger partial charge in [-0.2, -0.15) is 0 Å². The SMILES string of the molecule is CCNC(Cc1cccc(Br)c1)c1cc(C)c(F)cc1Cl. The molecule has 0 saturated heterocycles. The molecule has 4 heteroatoms. The second-order valence-corrected chi connectivity index (χ2v) is 6.39. The number of nitrogens with one attached hydrogen (secondary N) is 1. The molecule has 1 unspecified atom stereocenters. The Morgan fingerprint density at radius 1 is 1.29 bits per heavy atom. The summed E-state index contributed by atoms with van der Waals surface area (Å²) < 4.78 is 14.6. The van der Waals surface area contributed by atoms with Gasteiger partial charge in [0.25, 0.3) is 0 Å². The van der Waals surface area contributed by atoms with Crippen LogP contribution in [0.4, 0.5) is 4.39 Å². The van der Waals surface area contributed by atoms with Crippen LogP contribution in [0.1, 0.15) is 29.7 Å². The first-order valence-corrected chi connectivity index (χ1v) is 8.11. The van der Waals surface area contributed by atoms with Gasteiger partial charge in [0.1, 0.15) is 5.82 Å². The molecule has 112 valence electrons. The Labute approximate surface area is 138 Å². The molecule has 0 aliphatic heterocycles. The summed E-state index contributed by atoms with van der Waals surface area (Å²) in [5.41, 5.74) is 2.76. The second kappa shape index (κ2) is 7.39. The van der Waals surface area contributed by atoms with Crippen molar-refractivity contribution in [3.8, 4) is 0 Å². The molecule has 0 bridgehead atoms. The summed E-state index contributed by atoms with van der Waals surface area (Å²) >= 11 is 9.73. The predicted octanol–water partition coefficient (Wildman–Crippen LogP) is 5.44. The van der Waals surface area contributed by atoms with Crippen molar-refractivity contribution in [3.05, 3.63) is 68.4 Å². The van der Waals surface area contributed by atoms with Crippen LogP contribution in [0.25, 0.3) is 0 Å². The molecule has 0 saturated carbocycles. The van der Waals surface area contributed by atoms with Crippen LogP contribution in [-0.2, 0) is 6.42 Å². The highest BCUT2D eigenvalue weighted by Crippen LogP contribution is 2.29. The highest BCUT2D eigenvalue weighted by molar-refractivity contribution is 9.10. The van der Waals surface area contributed by atoms with Gasteiger partial charge < -0.3 is 5.32 Å². The van der Waals surface area contributed by atoms with E-state index in [1.165, 1.54) is 11.6 Å². The Balaban J connectivity index is 2.33. The summed E-state index contributed by atoms with van der Waals surface area (Å²) in [6, 6.07) is 11.5. The van der Waals surface area contributed by atoms with Crippen LogP contribution in [-0.4, -0.2) is 6.54 Å². The monoisotopic (exact) mass is 369 g/mol. The summed E-state index contributed by atoms with van der Waals surface area (Å²) in [6.07, 6.45) is 0.804. The van der Waals surface area contributed by atoms with Crippen LogP contribution < -0.4 is 5.32 Å². The van der Waals surface area contributed by atoms with Crippen molar-refractivity contribution < 1.29 is 4.39 Å². The molecule has 1 N–H and O–H groups in total. The first-order valence-electron chi connectivity index (χ1n) is 6.94. The van der Waals surface area contributed by atoms with Gasteiger partial charge in [0.2, 0.25) is 0 Å². The third kappa shape index (κ3) is 4.29. The van der Waals surface area contributed by atoms with Crippen LogP contribution in [0.5, 0.6) is 0 Å². The second-order valence-electron chi connectivity index (χ2n) is 5.07. The lowest BCUT2D eigenvalue weighted by Crippen LogP contribution is -2.23. The summed E-state index contributed by atoms with van der Waals surface area (Å²) in [4.78, 5) is 0. The van der Waals surface area contributed by atoms with Gasteiger partial charge in [-0.1, -0.05) is 52.7 Å². The van der Waals surface area contributed by atoms with E-state index in [-0.39, 0.29) is 11.9 Å². The minimum Gasteiger partial charge on any atom is -0.310 e. The Bertz CT molecular complexity index is 630. The average molecular weight is 371 g/mol. The van der Waals surface area contributed by atoms with Crippen molar-refractivity contribution in [2.45, 2.75) is 26.3 Å². The van der Waals surface area contributed by atoms with Crippen LogP contribution in [0, 0.1) is 12.7 Å². The minimum atomic E-state index is -0.263. The van der Waals surface area contributed by atoms with Crippen molar-refractivity contribution in [2.75, 3.05) is 6.54 Å². The van der Waals surface area contributed by atoms with Crippen molar-refractivity contribution in [2.24, 2.45) is 0 Å². The Kier molecular flexibility index (Phi) is 5.80. The number of likely N-dealkylation sites (N-methyl/N-ethyl adjacent to an activating group) is 1. The first-order chi connectivity index (χ1) is 10.0. The number of hydrogen-bond donors (Lipinski definition) is 1. The van der Waals surface area contributed by atoms with E-state index in [0.717, 1.165) is 23.0 Å². The van der Waals surface area contributed by atoms with Crippen molar-refractivity contribution in [1.29, 1.82) is 0 Å². The smallest absolute Gasteiger partial charge is 0.127 e. The number of aryl methyl sites for hydroxylation is 1. The lowest BCUT2D eigenvalue weighted by Gasteiger charge is -2.20. The number of halogens is 3. The van der Waals surface area contributed by atoms with E-state index in [2.05, 4.69) is 40.3 Å². The average Bonchev–Trinajstić information content (AvgIpc) is 2.42. The molecule has 0 aromatic heterocycles. The van der Waals surface area contributed by atoms with E-state index in [9.17, 15) is 4.39 Å². The zero-order valence-corrected chi connectivity index (χ0v) is 14.4. The molecule has 1 atom stereocenters. The normalized spacial score (nSPS) is 12.4. The molecule has 0 amide bonds. The molecule has 0 aliphatic carbocycles. The zero-order valence-electron chi connectivity index (χ0n) is 12.1. The zero-order chi connectivity index (χ0) is 15.4. The minimum absolute atomic E-state index is 0.0658. The van der Waals surface area contributed by atoms with Crippen LogP contribution in [0.15, 0.2) is 40.9 Å². The topological polar surface area (TPSA) is 12.0 Å². The van der Waals surface area contributed by atoms with E-state index in [1.807, 2.05) is 18.2 Å². The van der Waals surface area contributed by atoms with Crippen molar-refractivity contribution in [1.82, 2.24) is 5.32 Å². The summed E-state index contributed by atoms with van der Waals surface area (Å²) in [7, 11) is 0. The fraction of sp³-hybridized carbons (Fsp3) is 0.294. The number of benzene rings is 2. The lowest BCUT2D eigenvalue weighted by atomic mass is 9.97. The molecular formula is C17H18BrClFN. The van der Waals surface area contributed by atoms with Gasteiger partial charge in [-0.15, -0.1) is 0 Å². The van der Waals surface area contributed by atoms with Crippen LogP contribution >= 0.6 is 27.5 Å². The standard InChI is InChI=1S/C17H18BrClFN/c1-3-21-17(9-12-5-4-6-13(18)8-12)14-7-11(2)16(20)10-15(14)19/h4-8,10,17,21H,3,9H2,1-2H3. The van der Waals surface area contributed by atoms with Gasteiger partial charge in [-0.05, 0) is 54.8 Å². The molecule has 0 heterocycles. The maximum absolute atomic E-state index is 13.6. The largest absolute Gasteiger partial charge is 0.310 e. The first kappa shape index (κ1) is 16.5. The highest BCUT2D eigenvalue weighted by atomic mass is 79.9. The molecule has 2 aromatic carbocycles. The van der Waals surface area contributed by atoms with Crippen molar-refractivity contribution in [3.63, 3.8) is 0 Å². The third-order valence-electron chi connectivity index (χ3n) is 3.43. The Hall–Kier alpha value is -0.900. The van der Waals surface area contributed by atoms with Gasteiger partial charge in [-0.3, -0.25) is 0 Å². The van der Waals surface area contributed by atoms with Gasteiger partial charge in [0.15, 0.2) is 0 Å².